The van der Waals surface area contributed by atoms with E-state index in [9.17, 15) is 4.79 Å². The maximum atomic E-state index is 12.0. The second kappa shape index (κ2) is 6.70. The summed E-state index contributed by atoms with van der Waals surface area (Å²) in [6.07, 6.45) is 4.36. The summed E-state index contributed by atoms with van der Waals surface area (Å²) in [6, 6.07) is 9.24. The van der Waals surface area contributed by atoms with Crippen LogP contribution in [0.4, 0.5) is 0 Å². The Bertz CT molecular complexity index is 582. The van der Waals surface area contributed by atoms with Gasteiger partial charge in [-0.05, 0) is 36.2 Å². The van der Waals surface area contributed by atoms with E-state index in [2.05, 4.69) is 4.98 Å². The smallest absolute Gasteiger partial charge is 0.164 e. The number of hydrogen-bond acceptors (Lipinski definition) is 4. The van der Waals surface area contributed by atoms with Gasteiger partial charge in [0, 0.05) is 24.4 Å². The lowest BCUT2D eigenvalue weighted by molar-refractivity contribution is 0.0982. The standard InChI is InChI=1S/C16H17NO3/c1-19-15-8-6-12(10-16(15)20-2)5-7-14(18)13-4-3-9-17-11-13/h3-4,6,8-11H,5,7H2,1-2H3. The van der Waals surface area contributed by atoms with Gasteiger partial charge < -0.3 is 9.47 Å². The van der Waals surface area contributed by atoms with Gasteiger partial charge in [0.2, 0.25) is 0 Å². The quantitative estimate of drug-likeness (QED) is 0.758. The number of aromatic nitrogens is 1. The molecule has 0 bridgehead atoms. The van der Waals surface area contributed by atoms with E-state index in [1.54, 1.807) is 38.7 Å². The molecule has 0 atom stereocenters. The fourth-order valence-electron chi connectivity index (χ4n) is 1.97. The number of nitrogens with zero attached hydrogens (tertiary/aromatic N) is 1. The number of ketones is 1. The average molecular weight is 271 g/mol. The molecule has 0 aliphatic heterocycles. The highest BCUT2D eigenvalue weighted by molar-refractivity contribution is 5.95. The van der Waals surface area contributed by atoms with Gasteiger partial charge in [-0.2, -0.15) is 0 Å². The van der Waals surface area contributed by atoms with Gasteiger partial charge in [0.25, 0.3) is 0 Å². The average Bonchev–Trinajstić information content (AvgIpc) is 2.53. The van der Waals surface area contributed by atoms with E-state index in [1.807, 2.05) is 18.2 Å². The van der Waals surface area contributed by atoms with E-state index in [0.29, 0.717) is 29.9 Å². The number of benzene rings is 1. The normalized spacial score (nSPS) is 10.1. The third-order valence-corrected chi connectivity index (χ3v) is 3.07. The Kier molecular flexibility index (Phi) is 4.71. The molecule has 4 nitrogen and oxygen atoms in total. The minimum Gasteiger partial charge on any atom is -0.493 e. The van der Waals surface area contributed by atoms with Crippen molar-refractivity contribution in [3.8, 4) is 11.5 Å². The van der Waals surface area contributed by atoms with Gasteiger partial charge in [-0.1, -0.05) is 6.07 Å². The summed E-state index contributed by atoms with van der Waals surface area (Å²) in [5, 5.41) is 0. The number of ether oxygens (including phenoxy) is 2. The van der Waals surface area contributed by atoms with Crippen LogP contribution in [0.1, 0.15) is 22.3 Å². The molecule has 0 aliphatic rings. The van der Waals surface area contributed by atoms with E-state index in [0.717, 1.165) is 5.56 Å². The van der Waals surface area contributed by atoms with E-state index in [4.69, 9.17) is 9.47 Å². The highest BCUT2D eigenvalue weighted by Gasteiger charge is 2.08. The van der Waals surface area contributed by atoms with Crippen LogP contribution in [-0.2, 0) is 6.42 Å². The molecule has 2 aromatic rings. The van der Waals surface area contributed by atoms with Crippen LogP contribution < -0.4 is 9.47 Å². The number of rotatable bonds is 6. The zero-order valence-electron chi connectivity index (χ0n) is 11.6. The molecule has 1 heterocycles. The van der Waals surface area contributed by atoms with Crippen LogP contribution in [0.2, 0.25) is 0 Å². The Morgan fingerprint density at radius 2 is 1.95 bits per heavy atom. The Balaban J connectivity index is 2.02. The van der Waals surface area contributed by atoms with Crippen LogP contribution in [0, 0.1) is 0 Å². The largest absolute Gasteiger partial charge is 0.493 e. The van der Waals surface area contributed by atoms with E-state index in [1.165, 1.54) is 0 Å². The molecule has 1 aromatic heterocycles. The van der Waals surface area contributed by atoms with Crippen molar-refractivity contribution in [1.29, 1.82) is 0 Å². The number of aryl methyl sites for hydroxylation is 1. The lowest BCUT2D eigenvalue weighted by Crippen LogP contribution is -2.02. The van der Waals surface area contributed by atoms with Gasteiger partial charge in [0.15, 0.2) is 17.3 Å². The molecule has 0 fully saturated rings. The molecular formula is C16H17NO3. The Morgan fingerprint density at radius 3 is 2.60 bits per heavy atom. The fourth-order valence-corrected chi connectivity index (χ4v) is 1.97. The van der Waals surface area contributed by atoms with Gasteiger partial charge in [-0.25, -0.2) is 0 Å². The van der Waals surface area contributed by atoms with Gasteiger partial charge in [-0.15, -0.1) is 0 Å². The van der Waals surface area contributed by atoms with Crippen LogP contribution in [-0.4, -0.2) is 25.0 Å². The Labute approximate surface area is 118 Å². The monoisotopic (exact) mass is 271 g/mol. The van der Waals surface area contributed by atoms with Crippen molar-refractivity contribution in [3.63, 3.8) is 0 Å². The van der Waals surface area contributed by atoms with Crippen molar-refractivity contribution in [2.75, 3.05) is 14.2 Å². The molecule has 20 heavy (non-hydrogen) atoms. The molecule has 0 spiro atoms. The summed E-state index contributed by atoms with van der Waals surface area (Å²) < 4.78 is 10.4. The molecule has 0 unspecified atom stereocenters. The number of pyridine rings is 1. The van der Waals surface area contributed by atoms with Crippen molar-refractivity contribution in [3.05, 3.63) is 53.9 Å². The van der Waals surface area contributed by atoms with Gasteiger partial charge in [0.1, 0.15) is 0 Å². The molecule has 0 amide bonds. The third kappa shape index (κ3) is 3.35. The summed E-state index contributed by atoms with van der Waals surface area (Å²) in [7, 11) is 3.20. The first kappa shape index (κ1) is 14.1. The lowest BCUT2D eigenvalue weighted by atomic mass is 10.0. The first-order valence-electron chi connectivity index (χ1n) is 6.38. The summed E-state index contributed by atoms with van der Waals surface area (Å²) in [5.41, 5.74) is 1.69. The van der Waals surface area contributed by atoms with Gasteiger partial charge >= 0.3 is 0 Å². The fraction of sp³-hybridized carbons (Fsp3) is 0.250. The first-order chi connectivity index (χ1) is 9.74. The Hall–Kier alpha value is -2.36. The van der Waals surface area contributed by atoms with Gasteiger partial charge in [-0.3, -0.25) is 9.78 Å². The molecule has 1 aromatic carbocycles. The van der Waals surface area contributed by atoms with Gasteiger partial charge in [0.05, 0.1) is 14.2 Å². The van der Waals surface area contributed by atoms with Crippen LogP contribution in [0.3, 0.4) is 0 Å². The highest BCUT2D eigenvalue weighted by atomic mass is 16.5. The predicted octanol–water partition coefficient (Wildman–Crippen LogP) is 2.91. The summed E-state index contributed by atoms with van der Waals surface area (Å²) in [6.45, 7) is 0. The maximum absolute atomic E-state index is 12.0. The molecule has 0 saturated heterocycles. The van der Waals surface area contributed by atoms with Crippen molar-refractivity contribution in [2.24, 2.45) is 0 Å². The number of Topliss-reactive ketones (excluding diaryl/α,β-unsaturated/α-hetero) is 1. The summed E-state index contributed by atoms with van der Waals surface area (Å²) in [5.74, 6) is 1.46. The highest BCUT2D eigenvalue weighted by Crippen LogP contribution is 2.28. The predicted molar refractivity (Wildman–Crippen MR) is 76.4 cm³/mol. The van der Waals surface area contributed by atoms with E-state index in [-0.39, 0.29) is 5.78 Å². The number of hydrogen-bond donors (Lipinski definition) is 0. The van der Waals surface area contributed by atoms with Crippen LogP contribution >= 0.6 is 0 Å². The molecule has 0 radical (unpaired) electrons. The molecule has 4 heteroatoms. The van der Waals surface area contributed by atoms with Crippen molar-refractivity contribution in [1.82, 2.24) is 4.98 Å². The SMILES string of the molecule is COc1ccc(CCC(=O)c2cccnc2)cc1OC. The second-order valence-corrected chi connectivity index (χ2v) is 4.35. The van der Waals surface area contributed by atoms with Crippen molar-refractivity contribution in [2.45, 2.75) is 12.8 Å². The van der Waals surface area contributed by atoms with E-state index >= 15 is 0 Å². The minimum atomic E-state index is 0.0906. The Morgan fingerprint density at radius 1 is 1.15 bits per heavy atom. The molecule has 0 aliphatic carbocycles. The maximum Gasteiger partial charge on any atom is 0.164 e. The third-order valence-electron chi connectivity index (χ3n) is 3.07. The lowest BCUT2D eigenvalue weighted by Gasteiger charge is -2.09. The van der Waals surface area contributed by atoms with Crippen LogP contribution in [0.5, 0.6) is 11.5 Å². The van der Waals surface area contributed by atoms with Crippen LogP contribution in [0.25, 0.3) is 0 Å². The number of methoxy groups -OCH3 is 2. The molecule has 0 saturated carbocycles. The van der Waals surface area contributed by atoms with Crippen LogP contribution in [0.15, 0.2) is 42.7 Å². The molecule has 0 N–H and O–H groups in total. The first-order valence-corrected chi connectivity index (χ1v) is 6.38. The second-order valence-electron chi connectivity index (χ2n) is 4.35. The minimum absolute atomic E-state index is 0.0906. The zero-order valence-corrected chi connectivity index (χ0v) is 11.6. The molecular weight excluding hydrogens is 254 g/mol. The summed E-state index contributed by atoms with van der Waals surface area (Å²) in [4.78, 5) is 16.0. The topological polar surface area (TPSA) is 48.4 Å². The molecule has 104 valence electrons. The van der Waals surface area contributed by atoms with E-state index < -0.39 is 0 Å². The summed E-state index contributed by atoms with van der Waals surface area (Å²) >= 11 is 0. The van der Waals surface area contributed by atoms with Crippen molar-refractivity contribution < 1.29 is 14.3 Å². The molecule has 2 rings (SSSR count). The zero-order chi connectivity index (χ0) is 14.4. The van der Waals surface area contributed by atoms with Crippen molar-refractivity contribution >= 4 is 5.78 Å². The number of carbonyl (C=O) groups excluding carboxylic acids is 1. The number of carbonyl (C=O) groups is 1.